The van der Waals surface area contributed by atoms with Crippen LogP contribution >= 0.6 is 0 Å². The Morgan fingerprint density at radius 3 is 2.76 bits per heavy atom. The summed E-state index contributed by atoms with van der Waals surface area (Å²) < 4.78 is 10.7. The molecule has 0 aliphatic rings. The van der Waals surface area contributed by atoms with Gasteiger partial charge in [-0.3, -0.25) is 4.79 Å². The van der Waals surface area contributed by atoms with Gasteiger partial charge >= 0.3 is 0 Å². The van der Waals surface area contributed by atoms with E-state index in [1.165, 1.54) is 0 Å². The van der Waals surface area contributed by atoms with Gasteiger partial charge in [0.05, 0.1) is 25.8 Å². The lowest BCUT2D eigenvalue weighted by atomic mass is 10.0. The van der Waals surface area contributed by atoms with Crippen molar-refractivity contribution >= 4 is 16.9 Å². The van der Waals surface area contributed by atoms with Gasteiger partial charge in [-0.1, -0.05) is 30.3 Å². The minimum atomic E-state index is -0.211. The summed E-state index contributed by atoms with van der Waals surface area (Å²) in [6, 6.07) is 15.0. The van der Waals surface area contributed by atoms with Crippen LogP contribution in [0.25, 0.3) is 11.0 Å². The van der Waals surface area contributed by atoms with E-state index in [0.717, 1.165) is 16.5 Å². The molecule has 1 unspecified atom stereocenters. The molecule has 25 heavy (non-hydrogen) atoms. The average molecular weight is 339 g/mol. The average Bonchev–Trinajstić information content (AvgIpc) is 3.04. The number of methoxy groups -OCH3 is 1. The predicted octanol–water partition coefficient (Wildman–Crippen LogP) is 3.22. The normalized spacial score (nSPS) is 12.1. The van der Waals surface area contributed by atoms with Crippen molar-refractivity contribution in [2.24, 2.45) is 0 Å². The minimum Gasteiger partial charge on any atom is -0.497 e. The van der Waals surface area contributed by atoms with Crippen LogP contribution in [0.1, 0.15) is 23.6 Å². The van der Waals surface area contributed by atoms with E-state index >= 15 is 0 Å². The van der Waals surface area contributed by atoms with Gasteiger partial charge in [0.2, 0.25) is 5.91 Å². The Balaban J connectivity index is 1.73. The highest BCUT2D eigenvalue weighted by Crippen LogP contribution is 2.26. The van der Waals surface area contributed by atoms with Crippen molar-refractivity contribution in [3.8, 4) is 5.75 Å². The van der Waals surface area contributed by atoms with Crippen molar-refractivity contribution < 1.29 is 19.1 Å². The molecule has 1 heterocycles. The molecule has 0 radical (unpaired) electrons. The molecule has 0 spiro atoms. The molecular weight excluding hydrogens is 318 g/mol. The second-order valence-corrected chi connectivity index (χ2v) is 5.84. The van der Waals surface area contributed by atoms with Crippen LogP contribution < -0.4 is 10.1 Å². The first-order valence-electron chi connectivity index (χ1n) is 8.20. The molecule has 1 aromatic heterocycles. The third-order valence-electron chi connectivity index (χ3n) is 4.17. The van der Waals surface area contributed by atoms with Crippen LogP contribution in [0.15, 0.2) is 59.2 Å². The Labute approximate surface area is 146 Å². The fraction of sp³-hybridized carbons (Fsp3) is 0.250. The summed E-state index contributed by atoms with van der Waals surface area (Å²) >= 11 is 0. The molecule has 3 rings (SSSR count). The van der Waals surface area contributed by atoms with Crippen LogP contribution in [0.2, 0.25) is 0 Å². The van der Waals surface area contributed by atoms with E-state index in [0.29, 0.717) is 17.8 Å². The first kappa shape index (κ1) is 17.0. The van der Waals surface area contributed by atoms with Crippen molar-refractivity contribution in [2.45, 2.75) is 18.9 Å². The smallest absolute Gasteiger partial charge is 0.225 e. The van der Waals surface area contributed by atoms with E-state index in [1.54, 1.807) is 19.4 Å². The fourth-order valence-electron chi connectivity index (χ4n) is 2.88. The number of fused-ring (bicyclic) bond motifs is 1. The monoisotopic (exact) mass is 339 g/mol. The predicted molar refractivity (Wildman–Crippen MR) is 95.5 cm³/mol. The Morgan fingerprint density at radius 1 is 1.24 bits per heavy atom. The van der Waals surface area contributed by atoms with Crippen LogP contribution in [0.3, 0.4) is 0 Å². The molecule has 1 atom stereocenters. The lowest BCUT2D eigenvalue weighted by Gasteiger charge is -2.18. The number of furan rings is 1. The van der Waals surface area contributed by atoms with E-state index < -0.39 is 0 Å². The number of benzene rings is 2. The fourth-order valence-corrected chi connectivity index (χ4v) is 2.88. The molecule has 0 bridgehead atoms. The van der Waals surface area contributed by atoms with Gasteiger partial charge in [-0.25, -0.2) is 0 Å². The Morgan fingerprint density at radius 2 is 2.04 bits per heavy atom. The number of rotatable bonds is 7. The largest absolute Gasteiger partial charge is 0.497 e. The van der Waals surface area contributed by atoms with E-state index in [2.05, 4.69) is 5.32 Å². The molecule has 0 aliphatic heterocycles. The zero-order chi connectivity index (χ0) is 17.6. The van der Waals surface area contributed by atoms with Crippen molar-refractivity contribution in [3.05, 3.63) is 65.9 Å². The number of aliphatic hydroxyl groups is 1. The number of hydrogen-bond acceptors (Lipinski definition) is 4. The Hall–Kier alpha value is -2.79. The number of hydrogen-bond donors (Lipinski definition) is 2. The summed E-state index contributed by atoms with van der Waals surface area (Å²) in [5, 5.41) is 13.2. The highest BCUT2D eigenvalue weighted by molar-refractivity contribution is 5.88. The molecule has 130 valence electrons. The summed E-state index contributed by atoms with van der Waals surface area (Å²) in [4.78, 5) is 12.5. The van der Waals surface area contributed by atoms with Crippen molar-refractivity contribution in [1.82, 2.24) is 5.32 Å². The summed E-state index contributed by atoms with van der Waals surface area (Å²) in [6.45, 7) is 0.00821. The van der Waals surface area contributed by atoms with Gasteiger partial charge in [0.15, 0.2) is 0 Å². The molecule has 2 aromatic carbocycles. The molecule has 5 nitrogen and oxygen atoms in total. The van der Waals surface area contributed by atoms with Crippen molar-refractivity contribution in [3.63, 3.8) is 0 Å². The number of ether oxygens (including phenoxy) is 1. The number of carbonyl (C=O) groups excluding carboxylic acids is 1. The van der Waals surface area contributed by atoms with Gasteiger partial charge in [-0.05, 0) is 24.1 Å². The van der Waals surface area contributed by atoms with Crippen LogP contribution in [0.5, 0.6) is 5.75 Å². The van der Waals surface area contributed by atoms with E-state index in [1.807, 2.05) is 42.5 Å². The van der Waals surface area contributed by atoms with E-state index in [9.17, 15) is 9.90 Å². The molecule has 0 fully saturated rings. The number of amides is 1. The van der Waals surface area contributed by atoms with Crippen molar-refractivity contribution in [1.29, 1.82) is 0 Å². The maximum Gasteiger partial charge on any atom is 0.225 e. The minimum absolute atomic E-state index is 0.00821. The van der Waals surface area contributed by atoms with Crippen LogP contribution in [0.4, 0.5) is 0 Å². The third kappa shape index (κ3) is 4.00. The van der Waals surface area contributed by atoms with Gasteiger partial charge < -0.3 is 19.6 Å². The summed E-state index contributed by atoms with van der Waals surface area (Å²) in [5.41, 5.74) is 2.50. The van der Waals surface area contributed by atoms with Gasteiger partial charge in [0.1, 0.15) is 11.3 Å². The van der Waals surface area contributed by atoms with Gasteiger partial charge in [-0.15, -0.1) is 0 Å². The highest BCUT2D eigenvalue weighted by Gasteiger charge is 2.16. The summed E-state index contributed by atoms with van der Waals surface area (Å²) in [7, 11) is 1.60. The topological polar surface area (TPSA) is 71.7 Å². The number of nitrogens with one attached hydrogen (secondary N) is 1. The van der Waals surface area contributed by atoms with Crippen LogP contribution in [0, 0.1) is 0 Å². The Bertz CT molecular complexity index is 841. The molecule has 0 aliphatic carbocycles. The SMILES string of the molecule is COc1ccc2c(CC(=O)NC(CCO)c3ccccc3)coc2c1. The Kier molecular flexibility index (Phi) is 5.36. The van der Waals surface area contributed by atoms with Crippen LogP contribution in [-0.2, 0) is 11.2 Å². The molecule has 0 saturated heterocycles. The number of aliphatic hydroxyl groups excluding tert-OH is 1. The molecule has 1 amide bonds. The van der Waals surface area contributed by atoms with E-state index in [-0.39, 0.29) is 25.0 Å². The molecular formula is C20H21NO4. The zero-order valence-corrected chi connectivity index (χ0v) is 14.1. The van der Waals surface area contributed by atoms with E-state index in [4.69, 9.17) is 9.15 Å². The lowest BCUT2D eigenvalue weighted by Crippen LogP contribution is -2.30. The molecule has 2 N–H and O–H groups in total. The van der Waals surface area contributed by atoms with Crippen LogP contribution in [-0.4, -0.2) is 24.7 Å². The molecule has 3 aromatic rings. The second-order valence-electron chi connectivity index (χ2n) is 5.84. The lowest BCUT2D eigenvalue weighted by molar-refractivity contribution is -0.121. The van der Waals surface area contributed by atoms with Gasteiger partial charge in [0, 0.05) is 23.6 Å². The third-order valence-corrected chi connectivity index (χ3v) is 4.17. The highest BCUT2D eigenvalue weighted by atomic mass is 16.5. The van der Waals surface area contributed by atoms with Crippen molar-refractivity contribution in [2.75, 3.05) is 13.7 Å². The number of carbonyl (C=O) groups is 1. The molecule has 0 saturated carbocycles. The maximum atomic E-state index is 12.5. The maximum absolute atomic E-state index is 12.5. The molecule has 5 heteroatoms. The second kappa shape index (κ2) is 7.85. The first-order valence-corrected chi connectivity index (χ1v) is 8.20. The standard InChI is InChI=1S/C20H21NO4/c1-24-16-7-8-17-15(13-25-19(17)12-16)11-20(23)21-18(9-10-22)14-5-3-2-4-6-14/h2-8,12-13,18,22H,9-11H2,1H3,(H,21,23). The van der Waals surface area contributed by atoms with Gasteiger partial charge in [-0.2, -0.15) is 0 Å². The quantitative estimate of drug-likeness (QED) is 0.693. The summed E-state index contributed by atoms with van der Waals surface area (Å²) in [6.07, 6.45) is 2.29. The van der Waals surface area contributed by atoms with Gasteiger partial charge in [0.25, 0.3) is 0 Å². The zero-order valence-electron chi connectivity index (χ0n) is 14.1. The first-order chi connectivity index (χ1) is 12.2. The summed E-state index contributed by atoms with van der Waals surface area (Å²) in [5.74, 6) is 0.603.